The number of halogens is 1. The van der Waals surface area contributed by atoms with Crippen LogP contribution in [-0.4, -0.2) is 28.5 Å². The van der Waals surface area contributed by atoms with Gasteiger partial charge in [0.15, 0.2) is 0 Å². The molecule has 3 unspecified atom stereocenters. The van der Waals surface area contributed by atoms with Crippen LogP contribution in [0, 0.1) is 17.8 Å². The number of aliphatic carboxylic acids is 1. The van der Waals surface area contributed by atoms with Crippen LogP contribution in [-0.2, 0) is 4.79 Å². The molecule has 86 valence electrons. The molecule has 2 N–H and O–H groups in total. The number of fused-ring (bicyclic) bond motifs is 3. The summed E-state index contributed by atoms with van der Waals surface area (Å²) in [6, 6.07) is 0. The Labute approximate surface area is 88.3 Å². The van der Waals surface area contributed by atoms with Crippen molar-refractivity contribution in [2.24, 2.45) is 17.8 Å². The van der Waals surface area contributed by atoms with Crippen molar-refractivity contribution in [2.75, 3.05) is 0 Å². The largest absolute Gasteiger partial charge is 0.479 e. The van der Waals surface area contributed by atoms with E-state index in [-0.39, 0.29) is 5.92 Å². The quantitative estimate of drug-likeness (QED) is 0.753. The fourth-order valence-corrected chi connectivity index (χ4v) is 3.21. The molecule has 3 saturated carbocycles. The van der Waals surface area contributed by atoms with Gasteiger partial charge in [-0.2, -0.15) is 0 Å². The van der Waals surface area contributed by atoms with Gasteiger partial charge in [-0.25, -0.2) is 9.18 Å². The zero-order valence-corrected chi connectivity index (χ0v) is 8.60. The van der Waals surface area contributed by atoms with E-state index in [1.165, 1.54) is 0 Å². The molecule has 3 nitrogen and oxygen atoms in total. The van der Waals surface area contributed by atoms with Crippen molar-refractivity contribution in [1.29, 1.82) is 0 Å². The van der Waals surface area contributed by atoms with E-state index in [1.54, 1.807) is 0 Å². The van der Waals surface area contributed by atoms with Crippen LogP contribution in [0.1, 0.15) is 32.1 Å². The molecular weight excluding hydrogens is 199 g/mol. The van der Waals surface area contributed by atoms with Gasteiger partial charge in [-0.3, -0.25) is 0 Å². The van der Waals surface area contributed by atoms with Gasteiger partial charge in [0.2, 0.25) is 6.17 Å². The summed E-state index contributed by atoms with van der Waals surface area (Å²) in [5, 5.41) is 18.2. The molecule has 0 aromatic heterocycles. The van der Waals surface area contributed by atoms with Crippen molar-refractivity contribution in [3.8, 4) is 0 Å². The monoisotopic (exact) mass is 216 g/mol. The smallest absolute Gasteiger partial charge is 0.341 e. The van der Waals surface area contributed by atoms with Gasteiger partial charge in [0, 0.05) is 0 Å². The highest BCUT2D eigenvalue weighted by Gasteiger charge is 2.43. The van der Waals surface area contributed by atoms with Crippen molar-refractivity contribution in [3.63, 3.8) is 0 Å². The second kappa shape index (κ2) is 4.08. The maximum atomic E-state index is 13.2. The molecule has 0 heterocycles. The van der Waals surface area contributed by atoms with Gasteiger partial charge in [-0.15, -0.1) is 0 Å². The molecule has 0 spiro atoms. The molecule has 3 aliphatic rings. The Balaban J connectivity index is 2.01. The van der Waals surface area contributed by atoms with E-state index in [0.29, 0.717) is 11.8 Å². The van der Waals surface area contributed by atoms with Crippen molar-refractivity contribution >= 4 is 5.97 Å². The maximum Gasteiger partial charge on any atom is 0.341 e. The highest BCUT2D eigenvalue weighted by atomic mass is 19.1. The first-order valence-electron chi connectivity index (χ1n) is 5.64. The standard InChI is InChI=1S/C11H17FO3/c12-9(11(14)15)10(13)8-5-6-1-3-7(8)4-2-6/h6-10,13H,1-5H2,(H,14,15). The van der Waals surface area contributed by atoms with Crippen LogP contribution >= 0.6 is 0 Å². The third kappa shape index (κ3) is 2.00. The third-order valence-electron chi connectivity index (χ3n) is 4.08. The van der Waals surface area contributed by atoms with Gasteiger partial charge in [0.05, 0.1) is 6.10 Å². The number of aliphatic hydroxyl groups excluding tert-OH is 1. The lowest BCUT2D eigenvalue weighted by atomic mass is 9.62. The summed E-state index contributed by atoms with van der Waals surface area (Å²) in [6.07, 6.45) is 1.76. The van der Waals surface area contributed by atoms with Gasteiger partial charge in [0.1, 0.15) is 0 Å². The Morgan fingerprint density at radius 1 is 1.27 bits per heavy atom. The zero-order chi connectivity index (χ0) is 11.0. The number of hydrogen-bond acceptors (Lipinski definition) is 2. The molecule has 15 heavy (non-hydrogen) atoms. The molecule has 0 aromatic rings. The average Bonchev–Trinajstić information content (AvgIpc) is 2.28. The van der Waals surface area contributed by atoms with Gasteiger partial charge < -0.3 is 10.2 Å². The minimum absolute atomic E-state index is 0.136. The minimum Gasteiger partial charge on any atom is -0.479 e. The minimum atomic E-state index is -2.12. The number of carbonyl (C=O) groups is 1. The first kappa shape index (κ1) is 10.9. The molecular formula is C11H17FO3. The molecule has 0 saturated heterocycles. The van der Waals surface area contributed by atoms with E-state index in [4.69, 9.17) is 5.11 Å². The van der Waals surface area contributed by atoms with E-state index in [1.807, 2.05) is 0 Å². The molecule has 3 fully saturated rings. The zero-order valence-electron chi connectivity index (χ0n) is 8.60. The molecule has 3 rings (SSSR count). The molecule has 2 bridgehead atoms. The van der Waals surface area contributed by atoms with Crippen molar-refractivity contribution in [1.82, 2.24) is 0 Å². The number of rotatable bonds is 3. The predicted octanol–water partition coefficient (Wildman–Crippen LogP) is 1.60. The first-order chi connectivity index (χ1) is 7.09. The molecule has 0 aliphatic heterocycles. The van der Waals surface area contributed by atoms with Crippen LogP contribution < -0.4 is 0 Å². The number of carboxylic acids is 1. The Morgan fingerprint density at radius 2 is 1.87 bits per heavy atom. The highest BCUT2D eigenvalue weighted by Crippen LogP contribution is 2.46. The fourth-order valence-electron chi connectivity index (χ4n) is 3.21. The summed E-state index contributed by atoms with van der Waals surface area (Å²) in [7, 11) is 0. The Bertz CT molecular complexity index is 248. The van der Waals surface area contributed by atoms with E-state index in [0.717, 1.165) is 32.1 Å². The predicted molar refractivity (Wildman–Crippen MR) is 52.1 cm³/mol. The summed E-state index contributed by atoms with van der Waals surface area (Å²) in [4.78, 5) is 10.5. The normalized spacial score (nSPS) is 38.7. The molecule has 0 amide bonds. The van der Waals surface area contributed by atoms with Crippen LogP contribution in [0.5, 0.6) is 0 Å². The van der Waals surface area contributed by atoms with Crippen LogP contribution in [0.3, 0.4) is 0 Å². The number of aliphatic hydroxyl groups is 1. The molecule has 0 radical (unpaired) electrons. The maximum absolute atomic E-state index is 13.2. The average molecular weight is 216 g/mol. The molecule has 4 heteroatoms. The summed E-state index contributed by atoms with van der Waals surface area (Å²) in [5.74, 6) is -0.759. The first-order valence-corrected chi connectivity index (χ1v) is 5.64. The van der Waals surface area contributed by atoms with E-state index >= 15 is 0 Å². The van der Waals surface area contributed by atoms with Crippen molar-refractivity contribution in [2.45, 2.75) is 44.4 Å². The second-order valence-corrected chi connectivity index (χ2v) is 4.91. The van der Waals surface area contributed by atoms with Crippen LogP contribution in [0.25, 0.3) is 0 Å². The summed E-state index contributed by atoms with van der Waals surface area (Å²) >= 11 is 0. The lowest BCUT2D eigenvalue weighted by molar-refractivity contribution is -0.151. The lowest BCUT2D eigenvalue weighted by Gasteiger charge is -2.44. The molecule has 3 aliphatic carbocycles. The Hall–Kier alpha value is -0.640. The SMILES string of the molecule is O=C(O)C(F)C(O)C1CC2CCC1CC2. The third-order valence-corrected chi connectivity index (χ3v) is 4.08. The molecule has 0 aromatic carbocycles. The highest BCUT2D eigenvalue weighted by molar-refractivity contribution is 5.72. The van der Waals surface area contributed by atoms with Gasteiger partial charge in [-0.05, 0) is 37.0 Å². The Kier molecular flexibility index (Phi) is 2.96. The van der Waals surface area contributed by atoms with Crippen molar-refractivity contribution < 1.29 is 19.4 Å². The second-order valence-electron chi connectivity index (χ2n) is 4.91. The van der Waals surface area contributed by atoms with Gasteiger partial charge >= 0.3 is 5.97 Å². The van der Waals surface area contributed by atoms with E-state index in [2.05, 4.69) is 0 Å². The van der Waals surface area contributed by atoms with Crippen LogP contribution in [0.2, 0.25) is 0 Å². The van der Waals surface area contributed by atoms with Crippen LogP contribution in [0.15, 0.2) is 0 Å². The van der Waals surface area contributed by atoms with E-state index in [9.17, 15) is 14.3 Å². The van der Waals surface area contributed by atoms with Crippen molar-refractivity contribution in [3.05, 3.63) is 0 Å². The summed E-state index contributed by atoms with van der Waals surface area (Å²) in [5.41, 5.74) is 0. The summed E-state index contributed by atoms with van der Waals surface area (Å²) in [6.45, 7) is 0. The summed E-state index contributed by atoms with van der Waals surface area (Å²) < 4.78 is 13.2. The Morgan fingerprint density at radius 3 is 2.27 bits per heavy atom. The lowest BCUT2D eigenvalue weighted by Crippen LogP contribution is -2.44. The fraction of sp³-hybridized carbons (Fsp3) is 0.909. The van der Waals surface area contributed by atoms with E-state index < -0.39 is 18.2 Å². The number of carboxylic acid groups (broad SMARTS) is 1. The molecule has 3 atom stereocenters. The topological polar surface area (TPSA) is 57.5 Å². The van der Waals surface area contributed by atoms with Gasteiger partial charge in [0.25, 0.3) is 0 Å². The van der Waals surface area contributed by atoms with Crippen LogP contribution in [0.4, 0.5) is 4.39 Å². The number of hydrogen-bond donors (Lipinski definition) is 2. The number of alkyl halides is 1. The van der Waals surface area contributed by atoms with Gasteiger partial charge in [-0.1, -0.05) is 12.8 Å².